The summed E-state index contributed by atoms with van der Waals surface area (Å²) in [5.74, 6) is 0.0972. The molecule has 2 aromatic carbocycles. The maximum atomic E-state index is 12.8. The molecule has 2 heterocycles. The van der Waals surface area contributed by atoms with E-state index in [1.807, 2.05) is 0 Å². The fraction of sp³-hybridized carbons (Fsp3) is 0.333. The second kappa shape index (κ2) is 13.0. The molecule has 5 heteroatoms. The van der Waals surface area contributed by atoms with Gasteiger partial charge in [0.25, 0.3) is 0 Å². The van der Waals surface area contributed by atoms with Crippen molar-refractivity contribution in [2.75, 3.05) is 19.6 Å². The van der Waals surface area contributed by atoms with Crippen LogP contribution in [-0.2, 0) is 4.79 Å². The molecule has 0 spiro atoms. The number of nitrogens with zero attached hydrogens (tertiary/aromatic N) is 2. The van der Waals surface area contributed by atoms with Crippen molar-refractivity contribution in [1.29, 1.82) is 0 Å². The number of amides is 1. The maximum Gasteiger partial charge on any atom is 0.243 e. The van der Waals surface area contributed by atoms with Crippen LogP contribution >= 0.6 is 0 Å². The molecule has 0 bridgehead atoms. The van der Waals surface area contributed by atoms with Gasteiger partial charge in [-0.2, -0.15) is 4.39 Å². The largest absolute Gasteiger partial charge is 0.353 e. The average Bonchev–Trinajstić information content (AvgIpc) is 2.90. The Kier molecular flexibility index (Phi) is 9.18. The minimum Gasteiger partial charge on any atom is -0.353 e. The van der Waals surface area contributed by atoms with Gasteiger partial charge in [0.15, 0.2) is 0 Å². The molecular weight excluding hydrogens is 437 g/mol. The Morgan fingerprint density at radius 2 is 1.63 bits per heavy atom. The van der Waals surface area contributed by atoms with Gasteiger partial charge in [-0.15, -0.1) is 0 Å². The number of pyridine rings is 1. The summed E-state index contributed by atoms with van der Waals surface area (Å²) in [5, 5.41) is 2.93. The van der Waals surface area contributed by atoms with Crippen molar-refractivity contribution < 1.29 is 9.18 Å². The van der Waals surface area contributed by atoms with E-state index in [1.165, 1.54) is 48.7 Å². The van der Waals surface area contributed by atoms with E-state index < -0.39 is 5.95 Å². The zero-order valence-corrected chi connectivity index (χ0v) is 20.2. The number of carbonyl (C=O) groups excluding carboxylic acids is 1. The first kappa shape index (κ1) is 24.8. The molecule has 182 valence electrons. The Morgan fingerprint density at radius 3 is 2.23 bits per heavy atom. The predicted molar refractivity (Wildman–Crippen MR) is 139 cm³/mol. The van der Waals surface area contributed by atoms with Crippen LogP contribution in [0.3, 0.4) is 0 Å². The number of likely N-dealkylation sites (tertiary alicyclic amines) is 1. The number of unbranched alkanes of at least 4 members (excludes halogenated alkanes) is 1. The van der Waals surface area contributed by atoms with Gasteiger partial charge in [0.1, 0.15) is 0 Å². The molecule has 0 aliphatic carbocycles. The molecule has 0 unspecified atom stereocenters. The summed E-state index contributed by atoms with van der Waals surface area (Å²) in [6.07, 6.45) is 10.3. The second-order valence-corrected chi connectivity index (χ2v) is 9.24. The lowest BCUT2D eigenvalue weighted by molar-refractivity contribution is -0.116. The molecule has 1 aromatic heterocycles. The topological polar surface area (TPSA) is 45.2 Å². The number of halogens is 1. The number of piperidine rings is 1. The van der Waals surface area contributed by atoms with Crippen LogP contribution in [0.5, 0.6) is 0 Å². The van der Waals surface area contributed by atoms with E-state index in [0.29, 0.717) is 18.2 Å². The SMILES string of the molecule is O=C(/C=C\c1ccc(F)nc1)NCCCCC1CCN(C(c2ccccc2)c2ccccc2)CC1. The molecule has 1 amide bonds. The molecule has 4 rings (SSSR count). The van der Waals surface area contributed by atoms with E-state index in [1.54, 1.807) is 12.1 Å². The van der Waals surface area contributed by atoms with Crippen LogP contribution in [0.25, 0.3) is 6.08 Å². The second-order valence-electron chi connectivity index (χ2n) is 9.24. The van der Waals surface area contributed by atoms with E-state index in [2.05, 4.69) is 75.9 Å². The van der Waals surface area contributed by atoms with Crippen molar-refractivity contribution in [3.05, 3.63) is 108 Å². The summed E-state index contributed by atoms with van der Waals surface area (Å²) < 4.78 is 12.8. The highest BCUT2D eigenvalue weighted by molar-refractivity contribution is 5.91. The van der Waals surface area contributed by atoms with Gasteiger partial charge in [-0.05, 0) is 73.2 Å². The third-order valence-corrected chi connectivity index (χ3v) is 6.76. The highest BCUT2D eigenvalue weighted by Crippen LogP contribution is 2.33. The van der Waals surface area contributed by atoms with Gasteiger partial charge in [0, 0.05) is 18.8 Å². The van der Waals surface area contributed by atoms with Crippen molar-refractivity contribution in [2.45, 2.75) is 38.1 Å². The molecule has 3 aromatic rings. The predicted octanol–water partition coefficient (Wildman–Crippen LogP) is 6.02. The van der Waals surface area contributed by atoms with Gasteiger partial charge in [0.05, 0.1) is 6.04 Å². The monoisotopic (exact) mass is 471 g/mol. The summed E-state index contributed by atoms with van der Waals surface area (Å²) >= 11 is 0. The summed E-state index contributed by atoms with van der Waals surface area (Å²) in [4.78, 5) is 18.2. The third kappa shape index (κ3) is 7.59. The number of nitrogens with one attached hydrogen (secondary N) is 1. The third-order valence-electron chi connectivity index (χ3n) is 6.76. The van der Waals surface area contributed by atoms with Gasteiger partial charge in [-0.25, -0.2) is 4.98 Å². The Bertz CT molecular complexity index is 1020. The smallest absolute Gasteiger partial charge is 0.243 e. The molecule has 0 atom stereocenters. The molecule has 1 N–H and O–H groups in total. The van der Waals surface area contributed by atoms with Gasteiger partial charge in [-0.3, -0.25) is 9.69 Å². The molecule has 1 saturated heterocycles. The van der Waals surface area contributed by atoms with Gasteiger partial charge < -0.3 is 5.32 Å². The minimum atomic E-state index is -0.524. The number of hydrogen-bond acceptors (Lipinski definition) is 3. The lowest BCUT2D eigenvalue weighted by atomic mass is 9.88. The normalized spacial score (nSPS) is 15.0. The summed E-state index contributed by atoms with van der Waals surface area (Å²) in [6.45, 7) is 2.89. The molecule has 4 nitrogen and oxygen atoms in total. The zero-order valence-electron chi connectivity index (χ0n) is 20.2. The van der Waals surface area contributed by atoms with Crippen molar-refractivity contribution >= 4 is 12.0 Å². The Labute approximate surface area is 207 Å². The number of benzene rings is 2. The Balaban J connectivity index is 1.17. The summed E-state index contributed by atoms with van der Waals surface area (Å²) in [6, 6.07) is 24.8. The fourth-order valence-corrected chi connectivity index (χ4v) is 4.87. The van der Waals surface area contributed by atoms with Gasteiger partial charge >= 0.3 is 0 Å². The number of rotatable bonds is 10. The highest BCUT2D eigenvalue weighted by Gasteiger charge is 2.27. The molecular formula is C30H34FN3O. The molecule has 1 fully saturated rings. The molecule has 35 heavy (non-hydrogen) atoms. The number of carbonyl (C=O) groups is 1. The van der Waals surface area contributed by atoms with Crippen molar-refractivity contribution in [2.24, 2.45) is 5.92 Å². The van der Waals surface area contributed by atoms with Gasteiger partial charge in [0.2, 0.25) is 11.9 Å². The lowest BCUT2D eigenvalue weighted by Gasteiger charge is -2.38. The van der Waals surface area contributed by atoms with Crippen LogP contribution in [0.4, 0.5) is 4.39 Å². The lowest BCUT2D eigenvalue weighted by Crippen LogP contribution is -2.37. The zero-order chi connectivity index (χ0) is 24.3. The average molecular weight is 472 g/mol. The van der Waals surface area contributed by atoms with Crippen LogP contribution < -0.4 is 5.32 Å². The first-order chi connectivity index (χ1) is 17.2. The standard InChI is InChI=1S/C30H34FN3O/c31-28-16-14-25(23-33-28)15-17-29(35)32-20-8-7-9-24-18-21-34(22-19-24)30(26-10-3-1-4-11-26)27-12-5-2-6-13-27/h1-6,10-17,23-24,30H,7-9,18-22H2,(H,32,35)/b17-15-. The quantitative estimate of drug-likeness (QED) is 0.223. The van der Waals surface area contributed by atoms with Crippen LogP contribution in [0, 0.1) is 11.9 Å². The minimum absolute atomic E-state index is 0.129. The maximum absolute atomic E-state index is 12.8. The first-order valence-corrected chi connectivity index (χ1v) is 12.6. The van der Waals surface area contributed by atoms with Crippen molar-refractivity contribution in [1.82, 2.24) is 15.2 Å². The highest BCUT2D eigenvalue weighted by atomic mass is 19.1. The summed E-state index contributed by atoms with van der Waals surface area (Å²) in [7, 11) is 0. The van der Waals surface area contributed by atoms with Crippen LogP contribution in [-0.4, -0.2) is 35.4 Å². The fourth-order valence-electron chi connectivity index (χ4n) is 4.87. The van der Waals surface area contributed by atoms with Crippen LogP contribution in [0.15, 0.2) is 85.1 Å². The van der Waals surface area contributed by atoms with E-state index in [4.69, 9.17) is 0 Å². The van der Waals surface area contributed by atoms with Crippen LogP contribution in [0.1, 0.15) is 54.8 Å². The molecule has 1 aliphatic heterocycles. The van der Waals surface area contributed by atoms with E-state index in [9.17, 15) is 9.18 Å². The van der Waals surface area contributed by atoms with Gasteiger partial charge in [-0.1, -0.05) is 73.5 Å². The number of hydrogen-bond donors (Lipinski definition) is 1. The Hall–Kier alpha value is -3.31. The molecule has 0 radical (unpaired) electrons. The number of aromatic nitrogens is 1. The Morgan fingerprint density at radius 1 is 0.971 bits per heavy atom. The first-order valence-electron chi connectivity index (χ1n) is 12.6. The van der Waals surface area contributed by atoms with E-state index >= 15 is 0 Å². The molecule has 1 aliphatic rings. The summed E-state index contributed by atoms with van der Waals surface area (Å²) in [5.41, 5.74) is 3.42. The van der Waals surface area contributed by atoms with Crippen molar-refractivity contribution in [3.63, 3.8) is 0 Å². The molecule has 0 saturated carbocycles. The van der Waals surface area contributed by atoms with Crippen LogP contribution in [0.2, 0.25) is 0 Å². The van der Waals surface area contributed by atoms with E-state index in [0.717, 1.165) is 31.8 Å². The van der Waals surface area contributed by atoms with E-state index in [-0.39, 0.29) is 5.91 Å². The van der Waals surface area contributed by atoms with Crippen molar-refractivity contribution in [3.8, 4) is 0 Å².